The van der Waals surface area contributed by atoms with E-state index in [0.717, 1.165) is 12.5 Å². The fourth-order valence-electron chi connectivity index (χ4n) is 2.46. The third-order valence-corrected chi connectivity index (χ3v) is 3.59. The van der Waals surface area contributed by atoms with Gasteiger partial charge in [0.1, 0.15) is 0 Å². The Morgan fingerprint density at radius 2 is 1.94 bits per heavy atom. The molecule has 1 N–H and O–H groups in total. The maximum absolute atomic E-state index is 8.69. The molecule has 96 valence electrons. The van der Waals surface area contributed by atoms with E-state index in [0.29, 0.717) is 6.61 Å². The number of piperidine rings is 1. The van der Waals surface area contributed by atoms with E-state index in [1.54, 1.807) is 0 Å². The zero-order valence-electron chi connectivity index (χ0n) is 11.0. The van der Waals surface area contributed by atoms with E-state index >= 15 is 0 Å². The quantitative estimate of drug-likeness (QED) is 0.670. The van der Waals surface area contributed by atoms with Gasteiger partial charge in [0, 0.05) is 19.2 Å². The predicted molar refractivity (Wildman–Crippen MR) is 68.7 cm³/mol. The molecule has 1 atom stereocenters. The van der Waals surface area contributed by atoms with Crippen LogP contribution < -0.4 is 0 Å². The zero-order valence-corrected chi connectivity index (χ0v) is 11.0. The van der Waals surface area contributed by atoms with Crippen molar-refractivity contribution < 1.29 is 5.11 Å². The number of likely N-dealkylation sites (N-methyl/N-ethyl adjacent to an activating group) is 1. The predicted octanol–water partition coefficient (Wildman–Crippen LogP) is 1.57. The number of nitrogens with zero attached hydrogens (tertiary/aromatic N) is 2. The summed E-state index contributed by atoms with van der Waals surface area (Å²) in [5, 5.41) is 8.69. The molecule has 0 spiro atoms. The van der Waals surface area contributed by atoms with Crippen molar-refractivity contribution in [2.24, 2.45) is 0 Å². The van der Waals surface area contributed by atoms with Gasteiger partial charge in [0.25, 0.3) is 0 Å². The van der Waals surface area contributed by atoms with Gasteiger partial charge in [0.15, 0.2) is 0 Å². The van der Waals surface area contributed by atoms with Gasteiger partial charge in [-0.25, -0.2) is 0 Å². The highest BCUT2D eigenvalue weighted by molar-refractivity contribution is 4.77. The zero-order chi connectivity index (χ0) is 11.8. The summed E-state index contributed by atoms with van der Waals surface area (Å²) in [6.45, 7) is 4.12. The Hall–Kier alpha value is -0.120. The highest BCUT2D eigenvalue weighted by Gasteiger charge is 2.20. The lowest BCUT2D eigenvalue weighted by molar-refractivity contribution is 0.131. The van der Waals surface area contributed by atoms with E-state index in [-0.39, 0.29) is 0 Å². The Bertz CT molecular complexity index is 173. The van der Waals surface area contributed by atoms with Crippen LogP contribution in [0.1, 0.15) is 38.5 Å². The van der Waals surface area contributed by atoms with E-state index in [9.17, 15) is 0 Å². The van der Waals surface area contributed by atoms with Crippen LogP contribution in [0.4, 0.5) is 0 Å². The van der Waals surface area contributed by atoms with Crippen molar-refractivity contribution >= 4 is 0 Å². The molecule has 0 bridgehead atoms. The standard InChI is InChI=1S/C13H28N2O/c1-14(2)13-8-7-10-15(12-13)9-5-3-4-6-11-16/h13,16H,3-12H2,1-2H3. The van der Waals surface area contributed by atoms with Crippen LogP contribution in [-0.4, -0.2) is 61.3 Å². The summed E-state index contributed by atoms with van der Waals surface area (Å²) in [5.41, 5.74) is 0. The fraction of sp³-hybridized carbons (Fsp3) is 1.00. The second kappa shape index (κ2) is 8.04. The van der Waals surface area contributed by atoms with Gasteiger partial charge < -0.3 is 14.9 Å². The monoisotopic (exact) mass is 228 g/mol. The third-order valence-electron chi connectivity index (χ3n) is 3.59. The summed E-state index contributed by atoms with van der Waals surface area (Å²) in [5.74, 6) is 0. The summed E-state index contributed by atoms with van der Waals surface area (Å²) < 4.78 is 0. The van der Waals surface area contributed by atoms with Gasteiger partial charge in [-0.15, -0.1) is 0 Å². The minimum absolute atomic E-state index is 0.354. The maximum Gasteiger partial charge on any atom is 0.0431 e. The Kier molecular flexibility index (Phi) is 7.01. The Labute approximate surface area is 100 Å². The van der Waals surface area contributed by atoms with Gasteiger partial charge >= 0.3 is 0 Å². The lowest BCUT2D eigenvalue weighted by Crippen LogP contribution is -2.45. The van der Waals surface area contributed by atoms with Gasteiger partial charge in [-0.2, -0.15) is 0 Å². The summed E-state index contributed by atoms with van der Waals surface area (Å²) in [4.78, 5) is 4.96. The van der Waals surface area contributed by atoms with Crippen LogP contribution in [-0.2, 0) is 0 Å². The first-order chi connectivity index (χ1) is 7.74. The van der Waals surface area contributed by atoms with E-state index < -0.39 is 0 Å². The van der Waals surface area contributed by atoms with Crippen LogP contribution in [0.15, 0.2) is 0 Å². The van der Waals surface area contributed by atoms with E-state index in [1.807, 2.05) is 0 Å². The van der Waals surface area contributed by atoms with Crippen LogP contribution >= 0.6 is 0 Å². The molecule has 0 aliphatic carbocycles. The summed E-state index contributed by atoms with van der Waals surface area (Å²) in [6, 6.07) is 0.756. The number of aliphatic hydroxyl groups is 1. The topological polar surface area (TPSA) is 26.7 Å². The van der Waals surface area contributed by atoms with Crippen LogP contribution in [0, 0.1) is 0 Å². The summed E-state index contributed by atoms with van der Waals surface area (Å²) in [7, 11) is 4.38. The second-order valence-corrected chi connectivity index (χ2v) is 5.20. The van der Waals surface area contributed by atoms with Crippen LogP contribution in [0.5, 0.6) is 0 Å². The van der Waals surface area contributed by atoms with E-state index in [2.05, 4.69) is 23.9 Å². The molecule has 1 aliphatic rings. The van der Waals surface area contributed by atoms with Gasteiger partial charge in [0.05, 0.1) is 0 Å². The number of likely N-dealkylation sites (tertiary alicyclic amines) is 1. The number of aliphatic hydroxyl groups excluding tert-OH is 1. The van der Waals surface area contributed by atoms with Crippen molar-refractivity contribution in [3.8, 4) is 0 Å². The molecule has 0 amide bonds. The molecule has 1 heterocycles. The highest BCUT2D eigenvalue weighted by atomic mass is 16.2. The second-order valence-electron chi connectivity index (χ2n) is 5.20. The summed E-state index contributed by atoms with van der Waals surface area (Å²) in [6.07, 6.45) is 7.42. The number of hydrogen-bond donors (Lipinski definition) is 1. The SMILES string of the molecule is CN(C)C1CCCN(CCCCCCO)C1. The maximum atomic E-state index is 8.69. The Morgan fingerprint density at radius 1 is 1.19 bits per heavy atom. The van der Waals surface area contributed by atoms with Gasteiger partial charge in [-0.05, 0) is 52.9 Å². The van der Waals surface area contributed by atoms with Crippen molar-refractivity contribution in [3.63, 3.8) is 0 Å². The fourth-order valence-corrected chi connectivity index (χ4v) is 2.46. The first-order valence-electron chi connectivity index (χ1n) is 6.73. The van der Waals surface area contributed by atoms with Gasteiger partial charge in [0.2, 0.25) is 0 Å². The molecular formula is C13H28N2O. The van der Waals surface area contributed by atoms with Gasteiger partial charge in [-0.3, -0.25) is 0 Å². The minimum atomic E-state index is 0.354. The van der Waals surface area contributed by atoms with Crippen LogP contribution in [0.2, 0.25) is 0 Å². The van der Waals surface area contributed by atoms with Crippen molar-refractivity contribution in [1.29, 1.82) is 0 Å². The van der Waals surface area contributed by atoms with Crippen molar-refractivity contribution in [1.82, 2.24) is 9.80 Å². The Balaban J connectivity index is 2.07. The van der Waals surface area contributed by atoms with E-state index in [4.69, 9.17) is 5.11 Å². The lowest BCUT2D eigenvalue weighted by Gasteiger charge is -2.36. The molecule has 0 aromatic heterocycles. The average molecular weight is 228 g/mol. The first-order valence-corrected chi connectivity index (χ1v) is 6.73. The highest BCUT2D eigenvalue weighted by Crippen LogP contribution is 2.14. The summed E-state index contributed by atoms with van der Waals surface area (Å²) >= 11 is 0. The van der Waals surface area contributed by atoms with Crippen LogP contribution in [0.3, 0.4) is 0 Å². The molecule has 0 aromatic rings. The molecule has 0 radical (unpaired) electrons. The first kappa shape index (κ1) is 13.9. The molecule has 1 aliphatic heterocycles. The molecular weight excluding hydrogens is 200 g/mol. The smallest absolute Gasteiger partial charge is 0.0431 e. The lowest BCUT2D eigenvalue weighted by atomic mass is 10.0. The normalized spacial score (nSPS) is 22.9. The van der Waals surface area contributed by atoms with Crippen molar-refractivity contribution in [2.45, 2.75) is 44.6 Å². The van der Waals surface area contributed by atoms with Gasteiger partial charge in [-0.1, -0.05) is 12.8 Å². The molecule has 16 heavy (non-hydrogen) atoms. The molecule has 1 saturated heterocycles. The van der Waals surface area contributed by atoms with E-state index in [1.165, 1.54) is 51.7 Å². The number of hydrogen-bond acceptors (Lipinski definition) is 3. The molecule has 0 aromatic carbocycles. The third kappa shape index (κ3) is 5.28. The molecule has 3 heteroatoms. The van der Waals surface area contributed by atoms with Crippen LogP contribution in [0.25, 0.3) is 0 Å². The largest absolute Gasteiger partial charge is 0.396 e. The van der Waals surface area contributed by atoms with Crippen molar-refractivity contribution in [3.05, 3.63) is 0 Å². The molecule has 0 saturated carbocycles. The molecule has 1 rings (SSSR count). The Morgan fingerprint density at radius 3 is 2.62 bits per heavy atom. The average Bonchev–Trinajstić information content (AvgIpc) is 2.29. The molecule has 1 fully saturated rings. The minimum Gasteiger partial charge on any atom is -0.396 e. The number of unbranched alkanes of at least 4 members (excludes halogenated alkanes) is 3. The van der Waals surface area contributed by atoms with Crippen molar-refractivity contribution in [2.75, 3.05) is 40.3 Å². The molecule has 1 unspecified atom stereocenters. The molecule has 3 nitrogen and oxygen atoms in total. The number of rotatable bonds is 7.